The van der Waals surface area contributed by atoms with E-state index in [0.29, 0.717) is 16.3 Å². The molecule has 0 radical (unpaired) electrons. The first kappa shape index (κ1) is 13.5. The first-order valence-corrected chi connectivity index (χ1v) is 7.21. The number of fused-ring (bicyclic) bond motifs is 3. The van der Waals surface area contributed by atoms with E-state index in [1.807, 2.05) is 6.92 Å². The predicted molar refractivity (Wildman–Crippen MR) is 75.6 cm³/mol. The van der Waals surface area contributed by atoms with Crippen LogP contribution in [0.3, 0.4) is 0 Å². The summed E-state index contributed by atoms with van der Waals surface area (Å²) >= 11 is 7.09. The zero-order chi connectivity index (χ0) is 14.6. The fourth-order valence-electron chi connectivity index (χ4n) is 2.42. The van der Waals surface area contributed by atoms with E-state index in [1.54, 1.807) is 4.57 Å². The maximum atomic E-state index is 13.6. The molecule has 104 valence electrons. The number of halogens is 2. The second-order valence-corrected chi connectivity index (χ2v) is 6.04. The molecule has 2 heterocycles. The van der Waals surface area contributed by atoms with Crippen LogP contribution >= 0.6 is 23.4 Å². The molecule has 3 rings (SSSR count). The van der Waals surface area contributed by atoms with Crippen LogP contribution in [0.4, 0.5) is 4.39 Å². The zero-order valence-corrected chi connectivity index (χ0v) is 11.9. The van der Waals surface area contributed by atoms with Gasteiger partial charge in [-0.05, 0) is 19.1 Å². The minimum atomic E-state index is -1.29. The molecular weight excluding hydrogens is 305 g/mol. The number of carboxylic acids is 1. The molecule has 4 nitrogen and oxygen atoms in total. The van der Waals surface area contributed by atoms with Crippen molar-refractivity contribution in [1.29, 1.82) is 0 Å². The van der Waals surface area contributed by atoms with Crippen molar-refractivity contribution >= 4 is 40.2 Å². The molecule has 1 aliphatic rings. The monoisotopic (exact) mass is 313 g/mol. The maximum Gasteiger partial charge on any atom is 0.342 e. The average molecular weight is 314 g/mol. The van der Waals surface area contributed by atoms with Crippen molar-refractivity contribution in [1.82, 2.24) is 4.57 Å². The summed E-state index contributed by atoms with van der Waals surface area (Å²) in [5.41, 5.74) is -0.497. The van der Waals surface area contributed by atoms with Crippen molar-refractivity contribution in [3.8, 4) is 0 Å². The molecular formula is C13H9ClFNO3S. The third kappa shape index (κ3) is 1.75. The van der Waals surface area contributed by atoms with Crippen molar-refractivity contribution in [3.63, 3.8) is 0 Å². The van der Waals surface area contributed by atoms with Crippen molar-refractivity contribution < 1.29 is 14.3 Å². The fourth-order valence-corrected chi connectivity index (χ4v) is 3.87. The lowest BCUT2D eigenvalue weighted by Gasteiger charge is -2.15. The van der Waals surface area contributed by atoms with E-state index in [9.17, 15) is 19.1 Å². The van der Waals surface area contributed by atoms with Gasteiger partial charge in [0.1, 0.15) is 11.4 Å². The quantitative estimate of drug-likeness (QED) is 0.878. The number of rotatable bonds is 1. The van der Waals surface area contributed by atoms with Gasteiger partial charge in [0.15, 0.2) is 0 Å². The summed E-state index contributed by atoms with van der Waals surface area (Å²) in [6.07, 6.45) is 0. The van der Waals surface area contributed by atoms with E-state index in [0.717, 1.165) is 6.07 Å². The highest BCUT2D eigenvalue weighted by atomic mass is 35.5. The molecule has 0 amide bonds. The van der Waals surface area contributed by atoms with Crippen LogP contribution in [0.5, 0.6) is 0 Å². The lowest BCUT2D eigenvalue weighted by Crippen LogP contribution is -2.21. The van der Waals surface area contributed by atoms with Crippen molar-refractivity contribution in [2.24, 2.45) is 0 Å². The van der Waals surface area contributed by atoms with Crippen molar-refractivity contribution in [2.45, 2.75) is 18.0 Å². The van der Waals surface area contributed by atoms with Gasteiger partial charge in [-0.25, -0.2) is 9.18 Å². The highest BCUT2D eigenvalue weighted by Gasteiger charge is 2.29. The van der Waals surface area contributed by atoms with Gasteiger partial charge in [-0.3, -0.25) is 4.79 Å². The van der Waals surface area contributed by atoms with Gasteiger partial charge in [-0.2, -0.15) is 0 Å². The first-order chi connectivity index (χ1) is 9.41. The summed E-state index contributed by atoms with van der Waals surface area (Å²) in [7, 11) is 0. The number of nitrogens with zero attached hydrogens (tertiary/aromatic N) is 1. The molecule has 0 spiro atoms. The highest BCUT2D eigenvalue weighted by molar-refractivity contribution is 7.99. The summed E-state index contributed by atoms with van der Waals surface area (Å²) in [4.78, 5) is 23.6. The van der Waals surface area contributed by atoms with Gasteiger partial charge in [0.25, 0.3) is 0 Å². The Morgan fingerprint density at radius 2 is 2.25 bits per heavy atom. The Balaban J connectivity index is 2.57. The van der Waals surface area contributed by atoms with Gasteiger partial charge < -0.3 is 9.67 Å². The average Bonchev–Trinajstić information content (AvgIpc) is 2.74. The molecule has 7 heteroatoms. The second-order valence-electron chi connectivity index (χ2n) is 4.63. The van der Waals surface area contributed by atoms with Gasteiger partial charge in [-0.1, -0.05) is 11.6 Å². The molecule has 0 fully saturated rings. The smallest absolute Gasteiger partial charge is 0.342 e. The van der Waals surface area contributed by atoms with Crippen LogP contribution in [0.25, 0.3) is 10.9 Å². The van der Waals surface area contributed by atoms with E-state index in [-0.39, 0.29) is 22.0 Å². The summed E-state index contributed by atoms with van der Waals surface area (Å²) in [6, 6.07) is 2.40. The molecule has 1 N–H and O–H groups in total. The SMILES string of the molecule is CC1CSc2c(C(=O)O)c(=O)c3cc(F)c(Cl)cc3n21. The van der Waals surface area contributed by atoms with E-state index in [1.165, 1.54) is 17.8 Å². The Morgan fingerprint density at radius 1 is 1.55 bits per heavy atom. The Kier molecular flexibility index (Phi) is 3.02. The number of hydrogen-bond donors (Lipinski definition) is 1. The number of carboxylic acid groups (broad SMARTS) is 1. The van der Waals surface area contributed by atoms with E-state index < -0.39 is 17.2 Å². The number of aromatic nitrogens is 1. The summed E-state index contributed by atoms with van der Waals surface area (Å²) in [5.74, 6) is -1.36. The first-order valence-electron chi connectivity index (χ1n) is 5.85. The van der Waals surface area contributed by atoms with Crippen molar-refractivity contribution in [2.75, 3.05) is 5.75 Å². The zero-order valence-electron chi connectivity index (χ0n) is 10.3. The van der Waals surface area contributed by atoms with Crippen LogP contribution in [-0.2, 0) is 0 Å². The van der Waals surface area contributed by atoms with Gasteiger partial charge in [0.05, 0.1) is 15.6 Å². The summed E-state index contributed by atoms with van der Waals surface area (Å²) in [5, 5.41) is 9.62. The number of thioether (sulfide) groups is 1. The molecule has 0 aliphatic carbocycles. The summed E-state index contributed by atoms with van der Waals surface area (Å²) < 4.78 is 15.3. The van der Waals surface area contributed by atoms with Crippen LogP contribution in [0, 0.1) is 5.82 Å². The van der Waals surface area contributed by atoms with Gasteiger partial charge in [0.2, 0.25) is 5.43 Å². The normalized spacial score (nSPS) is 17.4. The van der Waals surface area contributed by atoms with E-state index in [2.05, 4.69) is 0 Å². The highest BCUT2D eigenvalue weighted by Crippen LogP contribution is 2.38. The third-order valence-corrected chi connectivity index (χ3v) is 4.93. The van der Waals surface area contributed by atoms with Gasteiger partial charge in [0, 0.05) is 17.2 Å². The van der Waals surface area contributed by atoms with E-state index >= 15 is 0 Å². The predicted octanol–water partition coefficient (Wildman–Crippen LogP) is 3.16. The van der Waals surface area contributed by atoms with Crippen LogP contribution in [0.15, 0.2) is 22.0 Å². The molecule has 1 aliphatic heterocycles. The van der Waals surface area contributed by atoms with Crippen LogP contribution in [-0.4, -0.2) is 21.4 Å². The van der Waals surface area contributed by atoms with Crippen LogP contribution < -0.4 is 5.43 Å². The molecule has 0 saturated carbocycles. The molecule has 1 aromatic carbocycles. The van der Waals surface area contributed by atoms with Gasteiger partial charge >= 0.3 is 5.97 Å². The number of carbonyl (C=O) groups is 1. The molecule has 1 atom stereocenters. The molecule has 0 saturated heterocycles. The maximum absolute atomic E-state index is 13.6. The van der Waals surface area contributed by atoms with Crippen LogP contribution in [0.2, 0.25) is 5.02 Å². The lowest BCUT2D eigenvalue weighted by molar-refractivity contribution is 0.0690. The Bertz CT molecular complexity index is 818. The van der Waals surface area contributed by atoms with Gasteiger partial charge in [-0.15, -0.1) is 11.8 Å². The summed E-state index contributed by atoms with van der Waals surface area (Å²) in [6.45, 7) is 1.91. The van der Waals surface area contributed by atoms with Crippen LogP contribution in [0.1, 0.15) is 23.3 Å². The third-order valence-electron chi connectivity index (χ3n) is 3.32. The number of aromatic carboxylic acids is 1. The lowest BCUT2D eigenvalue weighted by atomic mass is 10.1. The topological polar surface area (TPSA) is 59.3 Å². The molecule has 0 bridgehead atoms. The number of hydrogen-bond acceptors (Lipinski definition) is 3. The molecule has 1 unspecified atom stereocenters. The van der Waals surface area contributed by atoms with Crippen molar-refractivity contribution in [3.05, 3.63) is 38.8 Å². The standard InChI is InChI=1S/C13H9ClFNO3S/c1-5-4-20-12-10(13(18)19)11(17)6-2-8(15)7(14)3-9(6)16(5)12/h2-3,5H,4H2,1H3,(H,18,19). The van der Waals surface area contributed by atoms with E-state index in [4.69, 9.17) is 11.6 Å². The molecule has 20 heavy (non-hydrogen) atoms. The fraction of sp³-hybridized carbons (Fsp3) is 0.231. The minimum Gasteiger partial charge on any atom is -0.477 e. The number of benzene rings is 1. The second kappa shape index (κ2) is 4.49. The molecule has 1 aromatic heterocycles. The Morgan fingerprint density at radius 3 is 2.90 bits per heavy atom. The Labute approximate surface area is 122 Å². The Hall–Kier alpha value is -1.53. The number of pyridine rings is 1. The minimum absolute atomic E-state index is 0.0118. The molecule has 2 aromatic rings. The largest absolute Gasteiger partial charge is 0.477 e.